The van der Waals surface area contributed by atoms with Crippen LogP contribution in [0.3, 0.4) is 0 Å². The predicted octanol–water partition coefficient (Wildman–Crippen LogP) is 2.86. The van der Waals surface area contributed by atoms with Crippen molar-refractivity contribution in [2.75, 3.05) is 6.61 Å². The second kappa shape index (κ2) is 7.39. The highest BCUT2D eigenvalue weighted by Crippen LogP contribution is 2.05. The summed E-state index contributed by atoms with van der Waals surface area (Å²) in [6, 6.07) is 7.02. The van der Waals surface area contributed by atoms with Gasteiger partial charge in [-0.3, -0.25) is 4.79 Å². The fourth-order valence-electron chi connectivity index (χ4n) is 1.27. The van der Waals surface area contributed by atoms with Crippen LogP contribution in [0.4, 0.5) is 0 Å². The van der Waals surface area contributed by atoms with E-state index in [1.807, 2.05) is 13.0 Å². The average molecular weight is 232 g/mol. The molecule has 0 spiro atoms. The van der Waals surface area contributed by atoms with Crippen molar-refractivity contribution in [2.45, 2.75) is 19.8 Å². The number of esters is 1. The van der Waals surface area contributed by atoms with Crippen molar-refractivity contribution in [1.82, 2.24) is 0 Å². The highest BCUT2D eigenvalue weighted by molar-refractivity contribution is 5.87. The van der Waals surface area contributed by atoms with Gasteiger partial charge < -0.3 is 4.74 Å². The molecule has 90 valence electrons. The third-order valence-electron chi connectivity index (χ3n) is 2.20. The van der Waals surface area contributed by atoms with Crippen LogP contribution in [0.2, 0.25) is 0 Å². The van der Waals surface area contributed by atoms with Crippen molar-refractivity contribution >= 4 is 18.3 Å². The summed E-state index contributed by atoms with van der Waals surface area (Å²) in [6.07, 6.45) is 5.66. The van der Waals surface area contributed by atoms with Crippen LogP contribution in [-0.4, -0.2) is 18.9 Å². The fraction of sp³-hybridized carbons (Fsp3) is 0.286. The van der Waals surface area contributed by atoms with E-state index in [9.17, 15) is 9.59 Å². The molecule has 0 amide bonds. The van der Waals surface area contributed by atoms with Crippen molar-refractivity contribution in [3.63, 3.8) is 0 Å². The van der Waals surface area contributed by atoms with Crippen LogP contribution >= 0.6 is 0 Å². The highest BCUT2D eigenvalue weighted by atomic mass is 16.5. The molecule has 0 N–H and O–H groups in total. The van der Waals surface area contributed by atoms with Gasteiger partial charge in [-0.05, 0) is 24.1 Å². The fourth-order valence-corrected chi connectivity index (χ4v) is 1.27. The summed E-state index contributed by atoms with van der Waals surface area (Å²) in [5, 5.41) is 0. The van der Waals surface area contributed by atoms with E-state index < -0.39 is 0 Å². The van der Waals surface area contributed by atoms with E-state index in [2.05, 4.69) is 0 Å². The summed E-state index contributed by atoms with van der Waals surface area (Å²) in [6.45, 7) is 2.49. The lowest BCUT2D eigenvalue weighted by Gasteiger charge is -1.99. The quantitative estimate of drug-likeness (QED) is 0.328. The lowest BCUT2D eigenvalue weighted by Crippen LogP contribution is -2.01. The Morgan fingerprint density at radius 2 is 2.12 bits per heavy atom. The number of carbonyl (C=O) groups is 2. The van der Waals surface area contributed by atoms with Crippen molar-refractivity contribution in [1.29, 1.82) is 0 Å². The first-order valence-corrected chi connectivity index (χ1v) is 5.66. The molecule has 0 unspecified atom stereocenters. The Hall–Kier alpha value is -1.90. The summed E-state index contributed by atoms with van der Waals surface area (Å²) in [5.74, 6) is -0.352. The van der Waals surface area contributed by atoms with Crippen LogP contribution in [0.1, 0.15) is 35.7 Å². The van der Waals surface area contributed by atoms with Gasteiger partial charge in [-0.1, -0.05) is 31.5 Å². The minimum atomic E-state index is -0.352. The molecule has 1 aromatic carbocycles. The largest absolute Gasteiger partial charge is 0.463 e. The Labute approximate surface area is 101 Å². The van der Waals surface area contributed by atoms with E-state index in [1.165, 1.54) is 6.08 Å². The van der Waals surface area contributed by atoms with Crippen molar-refractivity contribution < 1.29 is 14.3 Å². The average Bonchev–Trinajstić information content (AvgIpc) is 2.37. The first kappa shape index (κ1) is 13.2. The molecule has 3 nitrogen and oxygen atoms in total. The van der Waals surface area contributed by atoms with Crippen LogP contribution in [-0.2, 0) is 9.53 Å². The molecule has 0 aliphatic rings. The first-order valence-electron chi connectivity index (χ1n) is 5.66. The molecular formula is C14H16O3. The van der Waals surface area contributed by atoms with Gasteiger partial charge in [0.15, 0.2) is 0 Å². The Kier molecular flexibility index (Phi) is 5.72. The zero-order valence-corrected chi connectivity index (χ0v) is 9.89. The second-order valence-corrected chi connectivity index (χ2v) is 3.64. The lowest BCUT2D eigenvalue weighted by molar-refractivity contribution is -0.137. The molecule has 1 rings (SSSR count). The smallest absolute Gasteiger partial charge is 0.330 e. The van der Waals surface area contributed by atoms with E-state index in [-0.39, 0.29) is 5.97 Å². The number of aldehydes is 1. The van der Waals surface area contributed by atoms with Gasteiger partial charge in [0, 0.05) is 11.6 Å². The topological polar surface area (TPSA) is 43.4 Å². The standard InChI is InChI=1S/C14H16O3/c1-2-3-9-17-14(16)8-7-12-5-4-6-13(10-12)11-15/h4-8,10-11H,2-3,9H2,1H3/b8-7+. The minimum Gasteiger partial charge on any atom is -0.463 e. The molecule has 0 radical (unpaired) electrons. The van der Waals surface area contributed by atoms with Crippen LogP contribution in [0.15, 0.2) is 30.3 Å². The van der Waals surface area contributed by atoms with E-state index in [1.54, 1.807) is 24.3 Å². The summed E-state index contributed by atoms with van der Waals surface area (Å²) in [4.78, 5) is 21.8. The van der Waals surface area contributed by atoms with Gasteiger partial charge in [-0.15, -0.1) is 0 Å². The summed E-state index contributed by atoms with van der Waals surface area (Å²) in [5.41, 5.74) is 1.40. The SMILES string of the molecule is CCCCOC(=O)/C=C/c1cccc(C=O)c1. The summed E-state index contributed by atoms with van der Waals surface area (Å²) >= 11 is 0. The monoisotopic (exact) mass is 232 g/mol. The lowest BCUT2D eigenvalue weighted by atomic mass is 10.1. The minimum absolute atomic E-state index is 0.352. The van der Waals surface area contributed by atoms with Gasteiger partial charge in [0.05, 0.1) is 6.61 Å². The molecular weight excluding hydrogens is 216 g/mol. The Morgan fingerprint density at radius 1 is 1.35 bits per heavy atom. The second-order valence-electron chi connectivity index (χ2n) is 3.64. The zero-order valence-electron chi connectivity index (χ0n) is 9.89. The number of hydrogen-bond acceptors (Lipinski definition) is 3. The maximum absolute atomic E-state index is 11.3. The molecule has 0 aliphatic heterocycles. The van der Waals surface area contributed by atoms with Crippen LogP contribution < -0.4 is 0 Å². The van der Waals surface area contributed by atoms with Gasteiger partial charge >= 0.3 is 5.97 Å². The molecule has 0 heterocycles. The number of carbonyl (C=O) groups excluding carboxylic acids is 2. The summed E-state index contributed by atoms with van der Waals surface area (Å²) < 4.78 is 4.97. The number of benzene rings is 1. The first-order chi connectivity index (χ1) is 8.26. The molecule has 0 aromatic heterocycles. The Bertz CT molecular complexity index is 408. The summed E-state index contributed by atoms with van der Waals surface area (Å²) in [7, 11) is 0. The van der Waals surface area contributed by atoms with Gasteiger partial charge in [-0.25, -0.2) is 4.79 Å². The maximum Gasteiger partial charge on any atom is 0.330 e. The van der Waals surface area contributed by atoms with Crippen LogP contribution in [0, 0.1) is 0 Å². The molecule has 0 atom stereocenters. The van der Waals surface area contributed by atoms with Gasteiger partial charge in [-0.2, -0.15) is 0 Å². The van der Waals surface area contributed by atoms with E-state index in [4.69, 9.17) is 4.74 Å². The molecule has 0 aliphatic carbocycles. The third-order valence-corrected chi connectivity index (χ3v) is 2.20. The van der Waals surface area contributed by atoms with E-state index in [0.29, 0.717) is 12.2 Å². The Morgan fingerprint density at radius 3 is 2.82 bits per heavy atom. The number of unbranched alkanes of at least 4 members (excludes halogenated alkanes) is 1. The zero-order chi connectivity index (χ0) is 12.5. The van der Waals surface area contributed by atoms with Gasteiger partial charge in [0.2, 0.25) is 0 Å². The predicted molar refractivity (Wildman–Crippen MR) is 66.7 cm³/mol. The van der Waals surface area contributed by atoms with Gasteiger partial charge in [0.1, 0.15) is 6.29 Å². The van der Waals surface area contributed by atoms with Crippen molar-refractivity contribution in [3.8, 4) is 0 Å². The van der Waals surface area contributed by atoms with Gasteiger partial charge in [0.25, 0.3) is 0 Å². The third kappa shape index (κ3) is 5.11. The molecule has 1 aromatic rings. The number of ether oxygens (including phenoxy) is 1. The molecule has 0 bridgehead atoms. The van der Waals surface area contributed by atoms with E-state index in [0.717, 1.165) is 24.7 Å². The maximum atomic E-state index is 11.3. The Balaban J connectivity index is 2.51. The van der Waals surface area contributed by atoms with Crippen molar-refractivity contribution in [3.05, 3.63) is 41.5 Å². The number of rotatable bonds is 6. The number of hydrogen-bond donors (Lipinski definition) is 0. The highest BCUT2D eigenvalue weighted by Gasteiger charge is 1.96. The van der Waals surface area contributed by atoms with Crippen LogP contribution in [0.25, 0.3) is 6.08 Å². The van der Waals surface area contributed by atoms with Crippen LogP contribution in [0.5, 0.6) is 0 Å². The normalized spacial score (nSPS) is 10.4. The van der Waals surface area contributed by atoms with Crippen molar-refractivity contribution in [2.24, 2.45) is 0 Å². The molecule has 0 saturated carbocycles. The molecule has 0 fully saturated rings. The van der Waals surface area contributed by atoms with E-state index >= 15 is 0 Å². The molecule has 3 heteroatoms. The molecule has 17 heavy (non-hydrogen) atoms. The molecule has 0 saturated heterocycles.